The van der Waals surface area contributed by atoms with E-state index in [1.54, 1.807) is 24.1 Å². The number of carbonyl (C=O) groups excluding carboxylic acids is 1. The molecular weight excluding hydrogens is 328 g/mol. The van der Waals surface area contributed by atoms with Crippen LogP contribution in [0.3, 0.4) is 0 Å². The van der Waals surface area contributed by atoms with E-state index in [4.69, 9.17) is 4.74 Å². The predicted molar refractivity (Wildman–Crippen MR) is 87.1 cm³/mol. The molecule has 7 heteroatoms. The second kappa shape index (κ2) is 7.55. The normalized spacial score (nSPS) is 17.4. The van der Waals surface area contributed by atoms with Gasteiger partial charge in [-0.3, -0.25) is 4.79 Å². The summed E-state index contributed by atoms with van der Waals surface area (Å²) in [6, 6.07) is 4.94. The average molecular weight is 347 g/mol. The van der Waals surface area contributed by atoms with Crippen LogP contribution in [0.5, 0.6) is 5.88 Å². The molecule has 3 rings (SSSR count). The highest BCUT2D eigenvalue weighted by molar-refractivity contribution is 5.79. The summed E-state index contributed by atoms with van der Waals surface area (Å²) < 4.78 is 32.5. The summed E-state index contributed by atoms with van der Waals surface area (Å²) in [5.41, 5.74) is 0.195. The largest absolute Gasteiger partial charge is 0.472 e. The molecule has 1 fully saturated rings. The van der Waals surface area contributed by atoms with Crippen LogP contribution in [0.1, 0.15) is 24.2 Å². The molecule has 0 radical (unpaired) electrons. The Balaban J connectivity index is 1.61. The Morgan fingerprint density at radius 1 is 1.36 bits per heavy atom. The molecule has 0 spiro atoms. The lowest BCUT2D eigenvalue weighted by molar-refractivity contribution is -0.133. The maximum absolute atomic E-state index is 13.7. The molecule has 25 heavy (non-hydrogen) atoms. The van der Waals surface area contributed by atoms with Crippen molar-refractivity contribution >= 4 is 5.91 Å². The van der Waals surface area contributed by atoms with Gasteiger partial charge < -0.3 is 9.64 Å². The third kappa shape index (κ3) is 4.49. The van der Waals surface area contributed by atoms with Crippen LogP contribution in [0.2, 0.25) is 0 Å². The summed E-state index contributed by atoms with van der Waals surface area (Å²) in [6.07, 6.45) is 2.99. The third-order valence-electron chi connectivity index (χ3n) is 4.13. The Morgan fingerprint density at radius 3 is 2.96 bits per heavy atom. The van der Waals surface area contributed by atoms with Crippen molar-refractivity contribution in [2.75, 3.05) is 13.1 Å². The number of carbonyl (C=O) groups is 1. The number of hydrogen-bond donors (Lipinski definition) is 0. The van der Waals surface area contributed by atoms with Crippen molar-refractivity contribution in [3.05, 3.63) is 53.5 Å². The average Bonchev–Trinajstić information content (AvgIpc) is 2.57. The van der Waals surface area contributed by atoms with Crippen LogP contribution in [0.25, 0.3) is 0 Å². The fraction of sp³-hybridized carbons (Fsp3) is 0.389. The molecule has 132 valence electrons. The van der Waals surface area contributed by atoms with E-state index in [1.165, 1.54) is 6.07 Å². The summed E-state index contributed by atoms with van der Waals surface area (Å²) >= 11 is 0. The van der Waals surface area contributed by atoms with E-state index in [1.807, 2.05) is 0 Å². The first-order valence-corrected chi connectivity index (χ1v) is 8.19. The topological polar surface area (TPSA) is 55.3 Å². The molecule has 0 saturated carbocycles. The van der Waals surface area contributed by atoms with Crippen LogP contribution in [0.4, 0.5) is 8.78 Å². The molecule has 1 aliphatic heterocycles. The van der Waals surface area contributed by atoms with Gasteiger partial charge in [-0.05, 0) is 31.4 Å². The molecule has 1 aliphatic rings. The molecule has 0 N–H and O–H groups in total. The van der Waals surface area contributed by atoms with Gasteiger partial charge >= 0.3 is 0 Å². The maximum Gasteiger partial charge on any atom is 0.227 e. The lowest BCUT2D eigenvalue weighted by Gasteiger charge is -2.32. The van der Waals surface area contributed by atoms with Gasteiger partial charge in [0.1, 0.15) is 23.6 Å². The molecule has 2 heterocycles. The van der Waals surface area contributed by atoms with Crippen LogP contribution in [-0.4, -0.2) is 40.0 Å². The number of hydrogen-bond acceptors (Lipinski definition) is 4. The summed E-state index contributed by atoms with van der Waals surface area (Å²) in [5, 5.41) is 0. The van der Waals surface area contributed by atoms with Gasteiger partial charge in [0.2, 0.25) is 11.8 Å². The SMILES string of the molecule is Cc1nccc(O[C@@H]2CCCN(C(=O)Cc3ccc(F)cc3F)C2)n1. The molecule has 2 aromatic rings. The van der Waals surface area contributed by atoms with Gasteiger partial charge in [-0.15, -0.1) is 0 Å². The van der Waals surface area contributed by atoms with Gasteiger partial charge in [-0.25, -0.2) is 13.8 Å². The smallest absolute Gasteiger partial charge is 0.227 e. The molecule has 5 nitrogen and oxygen atoms in total. The second-order valence-corrected chi connectivity index (χ2v) is 6.08. The maximum atomic E-state index is 13.7. The monoisotopic (exact) mass is 347 g/mol. The Kier molecular flexibility index (Phi) is 5.21. The van der Waals surface area contributed by atoms with E-state index in [-0.39, 0.29) is 24.0 Å². The number of aromatic nitrogens is 2. The van der Waals surface area contributed by atoms with Crippen LogP contribution in [0, 0.1) is 18.6 Å². The minimum atomic E-state index is -0.699. The summed E-state index contributed by atoms with van der Waals surface area (Å²) in [6.45, 7) is 2.80. The zero-order valence-corrected chi connectivity index (χ0v) is 13.9. The van der Waals surface area contributed by atoms with Gasteiger partial charge in [-0.2, -0.15) is 4.98 Å². The fourth-order valence-corrected chi connectivity index (χ4v) is 2.87. The minimum absolute atomic E-state index is 0.0918. The molecule has 0 unspecified atom stereocenters. The van der Waals surface area contributed by atoms with Crippen molar-refractivity contribution in [2.24, 2.45) is 0 Å². The molecule has 1 aromatic carbocycles. The second-order valence-electron chi connectivity index (χ2n) is 6.08. The molecule has 1 atom stereocenters. The predicted octanol–water partition coefficient (Wildman–Crippen LogP) is 2.68. The van der Waals surface area contributed by atoms with Crippen LogP contribution >= 0.6 is 0 Å². The highest BCUT2D eigenvalue weighted by atomic mass is 19.1. The van der Waals surface area contributed by atoms with Gasteiger partial charge in [0, 0.05) is 24.9 Å². The summed E-state index contributed by atoms with van der Waals surface area (Å²) in [5.74, 6) is -0.447. The Bertz CT molecular complexity index is 770. The van der Waals surface area contributed by atoms with Crippen molar-refractivity contribution in [1.29, 1.82) is 0 Å². The van der Waals surface area contributed by atoms with E-state index in [2.05, 4.69) is 9.97 Å². The first-order valence-electron chi connectivity index (χ1n) is 8.19. The highest BCUT2D eigenvalue weighted by Crippen LogP contribution is 2.18. The van der Waals surface area contributed by atoms with Crippen molar-refractivity contribution in [3.63, 3.8) is 0 Å². The van der Waals surface area contributed by atoms with Crippen molar-refractivity contribution < 1.29 is 18.3 Å². The first kappa shape index (κ1) is 17.3. The van der Waals surface area contributed by atoms with Crippen molar-refractivity contribution in [2.45, 2.75) is 32.3 Å². The number of amides is 1. The zero-order valence-electron chi connectivity index (χ0n) is 13.9. The lowest BCUT2D eigenvalue weighted by atomic mass is 10.1. The standard InChI is InChI=1S/C18H19F2N3O2/c1-12-21-7-6-17(22-12)25-15-3-2-8-23(11-15)18(24)9-13-4-5-14(19)10-16(13)20/h4-7,10,15H,2-3,8-9,11H2,1H3/t15-/m1/s1. The molecule has 1 aromatic heterocycles. The number of nitrogens with zero attached hydrogens (tertiary/aromatic N) is 3. The van der Waals surface area contributed by atoms with E-state index >= 15 is 0 Å². The number of ether oxygens (including phenoxy) is 1. The fourth-order valence-electron chi connectivity index (χ4n) is 2.87. The van der Waals surface area contributed by atoms with E-state index in [0.717, 1.165) is 25.0 Å². The highest BCUT2D eigenvalue weighted by Gasteiger charge is 2.25. The number of likely N-dealkylation sites (tertiary alicyclic amines) is 1. The van der Waals surface area contributed by atoms with E-state index in [9.17, 15) is 13.6 Å². The van der Waals surface area contributed by atoms with Crippen LogP contribution in [0.15, 0.2) is 30.5 Å². The van der Waals surface area contributed by atoms with Gasteiger partial charge in [-0.1, -0.05) is 6.07 Å². The van der Waals surface area contributed by atoms with Gasteiger partial charge in [0.15, 0.2) is 0 Å². The van der Waals surface area contributed by atoms with Gasteiger partial charge in [0.25, 0.3) is 0 Å². The van der Waals surface area contributed by atoms with E-state index < -0.39 is 11.6 Å². The lowest BCUT2D eigenvalue weighted by Crippen LogP contribution is -2.45. The molecule has 1 saturated heterocycles. The van der Waals surface area contributed by atoms with Crippen molar-refractivity contribution in [1.82, 2.24) is 14.9 Å². The number of halogens is 2. The quantitative estimate of drug-likeness (QED) is 0.853. The zero-order chi connectivity index (χ0) is 17.8. The van der Waals surface area contributed by atoms with Crippen molar-refractivity contribution in [3.8, 4) is 5.88 Å². The Labute approximate surface area is 144 Å². The first-order chi connectivity index (χ1) is 12.0. The summed E-state index contributed by atoms with van der Waals surface area (Å²) in [7, 11) is 0. The number of benzene rings is 1. The van der Waals surface area contributed by atoms with Crippen LogP contribution in [-0.2, 0) is 11.2 Å². The molecule has 0 bridgehead atoms. The third-order valence-corrected chi connectivity index (χ3v) is 4.13. The number of piperidine rings is 1. The van der Waals surface area contributed by atoms with E-state index in [0.29, 0.717) is 24.8 Å². The number of rotatable bonds is 4. The van der Waals surface area contributed by atoms with Gasteiger partial charge in [0.05, 0.1) is 13.0 Å². The molecule has 0 aliphatic carbocycles. The minimum Gasteiger partial charge on any atom is -0.472 e. The Morgan fingerprint density at radius 2 is 2.20 bits per heavy atom. The molecule has 1 amide bonds. The summed E-state index contributed by atoms with van der Waals surface area (Å²) in [4.78, 5) is 22.3. The Hall–Kier alpha value is -2.57. The molecular formula is C18H19F2N3O2. The number of aryl methyl sites for hydroxylation is 1. The van der Waals surface area contributed by atoms with Crippen LogP contribution < -0.4 is 4.74 Å².